The predicted molar refractivity (Wildman–Crippen MR) is 36.8 cm³/mol. The van der Waals surface area contributed by atoms with Crippen molar-refractivity contribution in [1.82, 2.24) is 0 Å². The summed E-state index contributed by atoms with van der Waals surface area (Å²) in [5.74, 6) is 0.340. The van der Waals surface area contributed by atoms with Crippen molar-refractivity contribution in [2.75, 3.05) is 6.61 Å². The van der Waals surface area contributed by atoms with Crippen molar-refractivity contribution in [1.29, 1.82) is 0 Å². The van der Waals surface area contributed by atoms with Crippen LogP contribution in [0.3, 0.4) is 0 Å². The molecular weight excluding hydrogens is 128 g/mol. The first-order chi connectivity index (χ1) is 4.83. The maximum atomic E-state index is 11.1. The molecule has 0 N–H and O–H groups in total. The van der Waals surface area contributed by atoms with Gasteiger partial charge in [-0.05, 0) is 12.8 Å². The van der Waals surface area contributed by atoms with Crippen LogP contribution in [0.15, 0.2) is 0 Å². The van der Waals surface area contributed by atoms with Crippen molar-refractivity contribution < 1.29 is 9.53 Å². The molecule has 0 bridgehead atoms. The largest absolute Gasteiger partial charge is 0.359 e. The fourth-order valence-electron chi connectivity index (χ4n) is 1.88. The molecule has 1 saturated carbocycles. The van der Waals surface area contributed by atoms with E-state index in [1.54, 1.807) is 0 Å². The average Bonchev–Trinajstić information content (AvgIpc) is 2.04. The summed E-state index contributed by atoms with van der Waals surface area (Å²) in [5.41, 5.74) is -0.280. The second-order valence-electron chi connectivity index (χ2n) is 3.27. The molecule has 0 aromatic rings. The standard InChI is InChI=1S/C8H12O2/c9-7-6-10-8(7)4-2-1-3-5-8/h1-6H2. The van der Waals surface area contributed by atoms with Crippen LogP contribution in [0.4, 0.5) is 0 Å². The van der Waals surface area contributed by atoms with E-state index in [-0.39, 0.29) is 5.60 Å². The molecule has 1 saturated heterocycles. The van der Waals surface area contributed by atoms with Gasteiger partial charge >= 0.3 is 0 Å². The van der Waals surface area contributed by atoms with Crippen LogP contribution < -0.4 is 0 Å². The van der Waals surface area contributed by atoms with Crippen LogP contribution in [0.5, 0.6) is 0 Å². The van der Waals surface area contributed by atoms with Crippen LogP contribution in [0.25, 0.3) is 0 Å². The summed E-state index contributed by atoms with van der Waals surface area (Å²) in [4.78, 5) is 11.1. The zero-order valence-electron chi connectivity index (χ0n) is 6.06. The maximum Gasteiger partial charge on any atom is 0.190 e. The summed E-state index contributed by atoms with van der Waals surface area (Å²) in [6.45, 7) is 0.375. The Morgan fingerprint density at radius 2 is 1.90 bits per heavy atom. The van der Waals surface area contributed by atoms with Gasteiger partial charge < -0.3 is 4.74 Å². The number of Topliss-reactive ketones (excluding diaryl/α,β-unsaturated/α-hetero) is 1. The maximum absolute atomic E-state index is 11.1. The number of hydrogen-bond donors (Lipinski definition) is 0. The first kappa shape index (κ1) is 6.35. The molecule has 0 aromatic carbocycles. The van der Waals surface area contributed by atoms with Crippen molar-refractivity contribution in [2.24, 2.45) is 0 Å². The fourth-order valence-corrected chi connectivity index (χ4v) is 1.88. The molecule has 2 rings (SSSR count). The number of hydrogen-bond acceptors (Lipinski definition) is 2. The molecule has 0 aromatic heterocycles. The third-order valence-corrected chi connectivity index (χ3v) is 2.65. The lowest BCUT2D eigenvalue weighted by atomic mass is 9.78. The summed E-state index contributed by atoms with van der Waals surface area (Å²) < 4.78 is 5.32. The van der Waals surface area contributed by atoms with E-state index < -0.39 is 0 Å². The highest BCUT2D eigenvalue weighted by Gasteiger charge is 2.47. The molecule has 2 heteroatoms. The summed E-state index contributed by atoms with van der Waals surface area (Å²) in [6.07, 6.45) is 5.58. The first-order valence-corrected chi connectivity index (χ1v) is 4.01. The highest BCUT2D eigenvalue weighted by molar-refractivity contribution is 5.92. The van der Waals surface area contributed by atoms with Gasteiger partial charge in [0, 0.05) is 0 Å². The third kappa shape index (κ3) is 0.717. The highest BCUT2D eigenvalue weighted by Crippen LogP contribution is 2.37. The topological polar surface area (TPSA) is 26.3 Å². The lowest BCUT2D eigenvalue weighted by Gasteiger charge is -2.42. The van der Waals surface area contributed by atoms with Gasteiger partial charge in [-0.1, -0.05) is 19.3 Å². The van der Waals surface area contributed by atoms with E-state index >= 15 is 0 Å². The van der Waals surface area contributed by atoms with Crippen LogP contribution in [-0.2, 0) is 9.53 Å². The van der Waals surface area contributed by atoms with Gasteiger partial charge in [-0.15, -0.1) is 0 Å². The zero-order chi connectivity index (χ0) is 7.03. The van der Waals surface area contributed by atoms with Crippen LogP contribution >= 0.6 is 0 Å². The van der Waals surface area contributed by atoms with Gasteiger partial charge in [-0.25, -0.2) is 0 Å². The Kier molecular flexibility index (Phi) is 1.31. The Morgan fingerprint density at radius 1 is 1.20 bits per heavy atom. The minimum absolute atomic E-state index is 0.280. The molecule has 2 aliphatic rings. The Bertz CT molecular complexity index is 157. The van der Waals surface area contributed by atoms with E-state index in [0.717, 1.165) is 12.8 Å². The van der Waals surface area contributed by atoms with Gasteiger partial charge in [0.25, 0.3) is 0 Å². The van der Waals surface area contributed by atoms with Gasteiger partial charge in [0.2, 0.25) is 0 Å². The second kappa shape index (κ2) is 2.06. The highest BCUT2D eigenvalue weighted by atomic mass is 16.5. The van der Waals surface area contributed by atoms with Crippen molar-refractivity contribution in [3.63, 3.8) is 0 Å². The fraction of sp³-hybridized carbons (Fsp3) is 0.875. The van der Waals surface area contributed by atoms with Crippen LogP contribution in [0.1, 0.15) is 32.1 Å². The number of carbonyl (C=O) groups is 1. The Morgan fingerprint density at radius 3 is 2.20 bits per heavy atom. The molecule has 2 nitrogen and oxygen atoms in total. The quantitative estimate of drug-likeness (QED) is 0.506. The first-order valence-electron chi connectivity index (χ1n) is 4.01. The van der Waals surface area contributed by atoms with Gasteiger partial charge in [0.1, 0.15) is 12.2 Å². The van der Waals surface area contributed by atoms with Crippen LogP contribution in [0.2, 0.25) is 0 Å². The van der Waals surface area contributed by atoms with E-state index in [2.05, 4.69) is 0 Å². The summed E-state index contributed by atoms with van der Waals surface area (Å²) in [5, 5.41) is 0. The zero-order valence-corrected chi connectivity index (χ0v) is 6.06. The predicted octanol–water partition coefficient (Wildman–Crippen LogP) is 1.29. The smallest absolute Gasteiger partial charge is 0.190 e. The van der Waals surface area contributed by atoms with E-state index in [1.807, 2.05) is 0 Å². The number of ether oxygens (including phenoxy) is 1. The Balaban J connectivity index is 2.06. The van der Waals surface area contributed by atoms with Crippen LogP contribution in [0, 0.1) is 0 Å². The van der Waals surface area contributed by atoms with Gasteiger partial charge in [-0.3, -0.25) is 4.79 Å². The number of ketones is 1. The van der Waals surface area contributed by atoms with Crippen LogP contribution in [-0.4, -0.2) is 18.0 Å². The molecule has 0 atom stereocenters. The minimum Gasteiger partial charge on any atom is -0.359 e. The van der Waals surface area contributed by atoms with E-state index in [4.69, 9.17) is 4.74 Å². The lowest BCUT2D eigenvalue weighted by molar-refractivity contribution is -0.185. The SMILES string of the molecule is O=C1COC12CCCCC2. The number of rotatable bonds is 0. The summed E-state index contributed by atoms with van der Waals surface area (Å²) in [6, 6.07) is 0. The normalized spacial score (nSPS) is 30.2. The van der Waals surface area contributed by atoms with Crippen molar-refractivity contribution in [3.05, 3.63) is 0 Å². The molecule has 0 unspecified atom stereocenters. The molecule has 1 heterocycles. The molecule has 1 aliphatic carbocycles. The number of carbonyl (C=O) groups excluding carboxylic acids is 1. The molecule has 1 spiro atoms. The van der Waals surface area contributed by atoms with Crippen molar-refractivity contribution in [2.45, 2.75) is 37.7 Å². The van der Waals surface area contributed by atoms with Gasteiger partial charge in [-0.2, -0.15) is 0 Å². The minimum atomic E-state index is -0.280. The molecule has 0 amide bonds. The molecule has 56 valence electrons. The second-order valence-corrected chi connectivity index (χ2v) is 3.27. The van der Waals surface area contributed by atoms with E-state index in [1.165, 1.54) is 19.3 Å². The van der Waals surface area contributed by atoms with Crippen molar-refractivity contribution in [3.8, 4) is 0 Å². The molecule has 1 aliphatic heterocycles. The Labute approximate surface area is 60.6 Å². The Hall–Kier alpha value is -0.370. The van der Waals surface area contributed by atoms with E-state index in [0.29, 0.717) is 12.4 Å². The summed E-state index contributed by atoms with van der Waals surface area (Å²) in [7, 11) is 0. The van der Waals surface area contributed by atoms with E-state index in [9.17, 15) is 4.79 Å². The molecule has 0 radical (unpaired) electrons. The molecule has 2 fully saturated rings. The van der Waals surface area contributed by atoms with Gasteiger partial charge in [0.15, 0.2) is 5.78 Å². The third-order valence-electron chi connectivity index (χ3n) is 2.65. The van der Waals surface area contributed by atoms with Crippen molar-refractivity contribution >= 4 is 5.78 Å². The lowest BCUT2D eigenvalue weighted by Crippen LogP contribution is -2.55. The monoisotopic (exact) mass is 140 g/mol. The summed E-state index contributed by atoms with van der Waals surface area (Å²) >= 11 is 0. The molecule has 10 heavy (non-hydrogen) atoms. The van der Waals surface area contributed by atoms with Gasteiger partial charge in [0.05, 0.1) is 0 Å². The average molecular weight is 140 g/mol. The molecular formula is C8H12O2.